The SMILES string of the molecule is c1ccc(-c2ccc3sc4c(c3c2)c2ccccc2c2c3cc(-c5ccccc5)ccc3n(-c3ccc(-c5cc(-c6ccccc6)nc(-c6ccccc6)n5)cc3)c42)cc1. The second-order valence-electron chi connectivity index (χ2n) is 15.3. The Morgan fingerprint density at radius 1 is 0.350 bits per heavy atom. The fourth-order valence-corrected chi connectivity index (χ4v) is 10.2. The first kappa shape index (κ1) is 34.4. The summed E-state index contributed by atoms with van der Waals surface area (Å²) in [6, 6.07) is 76.1. The van der Waals surface area contributed by atoms with Crippen molar-refractivity contribution in [3.05, 3.63) is 212 Å². The molecule has 3 heterocycles. The van der Waals surface area contributed by atoms with Crippen LogP contribution in [-0.4, -0.2) is 14.5 Å². The molecule has 0 unspecified atom stereocenters. The maximum absolute atomic E-state index is 5.14. The average Bonchev–Trinajstić information content (AvgIpc) is 3.89. The Labute approximate surface area is 351 Å². The first-order chi connectivity index (χ1) is 29.7. The van der Waals surface area contributed by atoms with Gasteiger partial charge in [0, 0.05) is 48.6 Å². The summed E-state index contributed by atoms with van der Waals surface area (Å²) in [5.41, 5.74) is 13.3. The lowest BCUT2D eigenvalue weighted by Crippen LogP contribution is -1.97. The van der Waals surface area contributed by atoms with E-state index in [0.29, 0.717) is 5.82 Å². The molecule has 12 aromatic rings. The predicted octanol–water partition coefficient (Wildman–Crippen LogP) is 15.4. The molecule has 3 aromatic heterocycles. The molecule has 280 valence electrons. The van der Waals surface area contributed by atoms with Gasteiger partial charge in [-0.15, -0.1) is 11.3 Å². The molecule has 3 nitrogen and oxygen atoms in total. The number of benzene rings is 9. The van der Waals surface area contributed by atoms with Crippen molar-refractivity contribution in [2.24, 2.45) is 0 Å². The van der Waals surface area contributed by atoms with E-state index < -0.39 is 0 Å². The highest BCUT2D eigenvalue weighted by Gasteiger charge is 2.23. The van der Waals surface area contributed by atoms with E-state index in [0.717, 1.165) is 33.8 Å². The Morgan fingerprint density at radius 2 is 0.833 bits per heavy atom. The topological polar surface area (TPSA) is 30.7 Å². The Hall–Kier alpha value is -7.66. The van der Waals surface area contributed by atoms with Crippen LogP contribution in [0.1, 0.15) is 0 Å². The summed E-state index contributed by atoms with van der Waals surface area (Å²) < 4.78 is 5.07. The molecular formula is C56H35N3S. The number of hydrogen-bond acceptors (Lipinski definition) is 3. The number of rotatable bonds is 6. The van der Waals surface area contributed by atoms with Crippen molar-refractivity contribution in [3.8, 4) is 61.8 Å². The van der Waals surface area contributed by atoms with Gasteiger partial charge in [0.25, 0.3) is 0 Å². The van der Waals surface area contributed by atoms with Gasteiger partial charge in [-0.3, -0.25) is 0 Å². The van der Waals surface area contributed by atoms with E-state index in [2.05, 4.69) is 193 Å². The fraction of sp³-hybridized carbons (Fsp3) is 0. The molecule has 60 heavy (non-hydrogen) atoms. The third-order valence-electron chi connectivity index (χ3n) is 11.8. The molecule has 0 radical (unpaired) electrons. The standard InChI is InChI=1S/C56H35N3S/c1-5-15-36(16-6-1)41-27-31-50-46(33-41)52-44-23-13-14-24-45(44)53-47-34-42(37-17-7-2-8-18-37)28-32-51(47)60-55(53)54(52)59(50)43-29-25-39(26-30-43)49-35-48(38-19-9-3-10-20-38)57-56(58-49)40-21-11-4-12-22-40/h1-35H. The number of fused-ring (bicyclic) bond motifs is 10. The van der Waals surface area contributed by atoms with Crippen molar-refractivity contribution >= 4 is 64.1 Å². The van der Waals surface area contributed by atoms with Gasteiger partial charge in [0.2, 0.25) is 0 Å². The van der Waals surface area contributed by atoms with E-state index in [1.165, 1.54) is 75.0 Å². The summed E-state index contributed by atoms with van der Waals surface area (Å²) in [7, 11) is 0. The van der Waals surface area contributed by atoms with Gasteiger partial charge in [-0.2, -0.15) is 0 Å². The Balaban J connectivity index is 1.12. The smallest absolute Gasteiger partial charge is 0.160 e. The van der Waals surface area contributed by atoms with E-state index in [4.69, 9.17) is 9.97 Å². The van der Waals surface area contributed by atoms with Crippen LogP contribution in [0.5, 0.6) is 0 Å². The summed E-state index contributed by atoms with van der Waals surface area (Å²) in [5.74, 6) is 0.710. The molecule has 0 amide bonds. The maximum Gasteiger partial charge on any atom is 0.160 e. The largest absolute Gasteiger partial charge is 0.308 e. The minimum Gasteiger partial charge on any atom is -0.308 e. The molecule has 0 aliphatic rings. The van der Waals surface area contributed by atoms with Gasteiger partial charge in [-0.25, -0.2) is 9.97 Å². The summed E-state index contributed by atoms with van der Waals surface area (Å²) in [6.07, 6.45) is 0. The molecule has 0 saturated carbocycles. The molecule has 0 N–H and O–H groups in total. The van der Waals surface area contributed by atoms with E-state index in [1.807, 2.05) is 35.6 Å². The normalized spacial score (nSPS) is 11.7. The Kier molecular flexibility index (Phi) is 8.03. The number of hydrogen-bond donors (Lipinski definition) is 0. The first-order valence-corrected chi connectivity index (χ1v) is 21.1. The van der Waals surface area contributed by atoms with Crippen LogP contribution in [0.15, 0.2) is 212 Å². The summed E-state index contributed by atoms with van der Waals surface area (Å²) in [6.45, 7) is 0. The van der Waals surface area contributed by atoms with Crippen LogP contribution >= 0.6 is 11.3 Å². The molecule has 0 spiro atoms. The minimum absolute atomic E-state index is 0.710. The van der Waals surface area contributed by atoms with Crippen LogP contribution in [0.25, 0.3) is 115 Å². The fourth-order valence-electron chi connectivity index (χ4n) is 8.97. The second-order valence-corrected chi connectivity index (χ2v) is 16.4. The molecule has 0 saturated heterocycles. The van der Waals surface area contributed by atoms with Crippen LogP contribution in [0.3, 0.4) is 0 Å². The zero-order valence-electron chi connectivity index (χ0n) is 32.5. The van der Waals surface area contributed by atoms with Crippen molar-refractivity contribution in [3.63, 3.8) is 0 Å². The van der Waals surface area contributed by atoms with Crippen LogP contribution in [0, 0.1) is 0 Å². The first-order valence-electron chi connectivity index (χ1n) is 20.3. The number of nitrogens with zero attached hydrogens (tertiary/aromatic N) is 3. The molecule has 0 bridgehead atoms. The van der Waals surface area contributed by atoms with Gasteiger partial charge < -0.3 is 4.57 Å². The zero-order valence-corrected chi connectivity index (χ0v) is 33.3. The van der Waals surface area contributed by atoms with Crippen molar-refractivity contribution in [1.29, 1.82) is 0 Å². The molecule has 0 aliphatic carbocycles. The zero-order chi connectivity index (χ0) is 39.6. The van der Waals surface area contributed by atoms with Crippen molar-refractivity contribution in [2.75, 3.05) is 0 Å². The van der Waals surface area contributed by atoms with Crippen LogP contribution < -0.4 is 0 Å². The average molecular weight is 782 g/mol. The molecule has 0 aliphatic heterocycles. The number of thiophene rings is 1. The van der Waals surface area contributed by atoms with Crippen LogP contribution in [0.4, 0.5) is 0 Å². The van der Waals surface area contributed by atoms with Crippen molar-refractivity contribution < 1.29 is 0 Å². The molecule has 4 heteroatoms. The highest BCUT2D eigenvalue weighted by molar-refractivity contribution is 7.27. The van der Waals surface area contributed by atoms with Gasteiger partial charge in [0.15, 0.2) is 5.82 Å². The van der Waals surface area contributed by atoms with E-state index >= 15 is 0 Å². The van der Waals surface area contributed by atoms with Gasteiger partial charge in [-0.05, 0) is 75.5 Å². The highest BCUT2D eigenvalue weighted by Crippen LogP contribution is 2.49. The monoisotopic (exact) mass is 781 g/mol. The molecule has 0 fully saturated rings. The predicted molar refractivity (Wildman–Crippen MR) is 254 cm³/mol. The van der Waals surface area contributed by atoms with Gasteiger partial charge in [0.05, 0.1) is 27.1 Å². The van der Waals surface area contributed by atoms with Crippen LogP contribution in [0.2, 0.25) is 0 Å². The van der Waals surface area contributed by atoms with E-state index in [1.54, 1.807) is 0 Å². The lowest BCUT2D eigenvalue weighted by molar-refractivity contribution is 1.17. The van der Waals surface area contributed by atoms with E-state index in [-0.39, 0.29) is 0 Å². The summed E-state index contributed by atoms with van der Waals surface area (Å²) in [5, 5.41) is 7.66. The van der Waals surface area contributed by atoms with Crippen LogP contribution in [-0.2, 0) is 0 Å². The Morgan fingerprint density at radius 3 is 1.45 bits per heavy atom. The van der Waals surface area contributed by atoms with Gasteiger partial charge in [-0.1, -0.05) is 170 Å². The van der Waals surface area contributed by atoms with Crippen molar-refractivity contribution in [1.82, 2.24) is 14.5 Å². The summed E-state index contributed by atoms with van der Waals surface area (Å²) >= 11 is 1.90. The van der Waals surface area contributed by atoms with Gasteiger partial charge in [0.1, 0.15) is 0 Å². The molecule has 0 atom stereocenters. The number of aromatic nitrogens is 3. The lowest BCUT2D eigenvalue weighted by atomic mass is 9.96. The molecule has 9 aromatic carbocycles. The van der Waals surface area contributed by atoms with E-state index in [9.17, 15) is 0 Å². The minimum atomic E-state index is 0.710. The summed E-state index contributed by atoms with van der Waals surface area (Å²) in [4.78, 5) is 10.2. The lowest BCUT2D eigenvalue weighted by Gasteiger charge is -2.12. The molecule has 12 rings (SSSR count). The second kappa shape index (κ2) is 14.0. The van der Waals surface area contributed by atoms with Gasteiger partial charge >= 0.3 is 0 Å². The Bertz CT molecular complexity index is 3500. The maximum atomic E-state index is 5.14. The molecular weight excluding hydrogens is 747 g/mol. The third kappa shape index (κ3) is 5.65. The third-order valence-corrected chi connectivity index (χ3v) is 13.0. The van der Waals surface area contributed by atoms with Crippen molar-refractivity contribution in [2.45, 2.75) is 0 Å². The highest BCUT2D eigenvalue weighted by atomic mass is 32.1. The quantitative estimate of drug-likeness (QED) is 0.168.